The van der Waals surface area contributed by atoms with E-state index in [1.165, 1.54) is 10.9 Å². The van der Waals surface area contributed by atoms with E-state index >= 15 is 0 Å². The van der Waals surface area contributed by atoms with Crippen molar-refractivity contribution in [1.29, 1.82) is 0 Å². The summed E-state index contributed by atoms with van der Waals surface area (Å²) < 4.78 is 15.8. The first-order chi connectivity index (χ1) is 14.6. The van der Waals surface area contributed by atoms with E-state index in [1.54, 1.807) is 34.1 Å². The third-order valence-corrected chi connectivity index (χ3v) is 7.52. The molecule has 0 bridgehead atoms. The average molecular weight is 428 g/mol. The fourth-order valence-corrected chi connectivity index (χ4v) is 6.02. The van der Waals surface area contributed by atoms with Gasteiger partial charge >= 0.3 is 0 Å². The number of fused-ring (bicyclic) bond motifs is 3. The van der Waals surface area contributed by atoms with Crippen LogP contribution in [0, 0.1) is 5.82 Å². The van der Waals surface area contributed by atoms with Crippen molar-refractivity contribution in [2.45, 2.75) is 57.7 Å². The molecule has 5 rings (SSSR count). The van der Waals surface area contributed by atoms with Crippen molar-refractivity contribution in [1.82, 2.24) is 14.5 Å². The van der Waals surface area contributed by atoms with Gasteiger partial charge in [0.25, 0.3) is 5.56 Å². The zero-order valence-corrected chi connectivity index (χ0v) is 17.8. The SMILES string of the molecule is O=c1c2c3c(sc2nc(CN2CCCC2)n1C[C@H](O)c1ccccc1F)CCCC3. The Bertz CT molecular complexity index is 1130. The molecule has 158 valence electrons. The minimum absolute atomic E-state index is 0.0104. The number of aliphatic hydroxyl groups excluding tert-OH is 1. The number of hydrogen-bond acceptors (Lipinski definition) is 5. The Balaban J connectivity index is 1.60. The second-order valence-electron chi connectivity index (χ2n) is 8.36. The zero-order valence-electron chi connectivity index (χ0n) is 16.9. The van der Waals surface area contributed by atoms with Gasteiger partial charge in [-0.05, 0) is 63.2 Å². The molecule has 7 heteroatoms. The van der Waals surface area contributed by atoms with Crippen LogP contribution in [0.2, 0.25) is 0 Å². The summed E-state index contributed by atoms with van der Waals surface area (Å²) in [5, 5.41) is 11.5. The molecular weight excluding hydrogens is 401 g/mol. The Labute approximate surface area is 178 Å². The minimum Gasteiger partial charge on any atom is -0.386 e. The highest BCUT2D eigenvalue weighted by Crippen LogP contribution is 2.34. The number of halogens is 1. The number of aromatic nitrogens is 2. The summed E-state index contributed by atoms with van der Waals surface area (Å²) >= 11 is 1.65. The summed E-state index contributed by atoms with van der Waals surface area (Å²) in [4.78, 5) is 22.9. The first kappa shape index (κ1) is 19.8. The molecule has 1 saturated heterocycles. The van der Waals surface area contributed by atoms with Crippen molar-refractivity contribution in [3.8, 4) is 0 Å². The molecule has 1 aromatic carbocycles. The molecule has 1 atom stereocenters. The third kappa shape index (κ3) is 3.59. The number of thiophene rings is 1. The summed E-state index contributed by atoms with van der Waals surface area (Å²) in [6, 6.07) is 6.21. The van der Waals surface area contributed by atoms with Gasteiger partial charge in [0.05, 0.1) is 24.6 Å². The molecule has 0 spiro atoms. The topological polar surface area (TPSA) is 58.4 Å². The molecule has 0 saturated carbocycles. The monoisotopic (exact) mass is 427 g/mol. The molecule has 1 aliphatic carbocycles. The third-order valence-electron chi connectivity index (χ3n) is 6.34. The summed E-state index contributed by atoms with van der Waals surface area (Å²) in [5.41, 5.74) is 1.26. The summed E-state index contributed by atoms with van der Waals surface area (Å²) in [6.07, 6.45) is 5.36. The van der Waals surface area contributed by atoms with Crippen LogP contribution in [0.15, 0.2) is 29.1 Å². The van der Waals surface area contributed by atoms with Crippen molar-refractivity contribution in [2.75, 3.05) is 13.1 Å². The van der Waals surface area contributed by atoms with Crippen molar-refractivity contribution in [2.24, 2.45) is 0 Å². The molecule has 0 unspecified atom stereocenters. The average Bonchev–Trinajstić information content (AvgIpc) is 3.38. The Hall–Kier alpha value is -2.09. The summed E-state index contributed by atoms with van der Waals surface area (Å²) in [7, 11) is 0. The van der Waals surface area contributed by atoms with E-state index in [4.69, 9.17) is 4.98 Å². The molecule has 3 aromatic rings. The predicted molar refractivity (Wildman–Crippen MR) is 116 cm³/mol. The molecular formula is C23H26FN3O2S. The van der Waals surface area contributed by atoms with E-state index in [0.29, 0.717) is 17.8 Å². The van der Waals surface area contributed by atoms with Crippen LogP contribution in [0.4, 0.5) is 4.39 Å². The Morgan fingerprint density at radius 2 is 1.90 bits per heavy atom. The van der Waals surface area contributed by atoms with Gasteiger partial charge in [-0.3, -0.25) is 14.3 Å². The molecule has 3 heterocycles. The number of aryl methyl sites for hydroxylation is 2. The first-order valence-corrected chi connectivity index (χ1v) is 11.6. The first-order valence-electron chi connectivity index (χ1n) is 10.8. The van der Waals surface area contributed by atoms with Crippen LogP contribution < -0.4 is 5.56 Å². The summed E-state index contributed by atoms with van der Waals surface area (Å²) in [6.45, 7) is 2.57. The zero-order chi connectivity index (χ0) is 20.7. The minimum atomic E-state index is -1.10. The van der Waals surface area contributed by atoms with Crippen LogP contribution in [0.5, 0.6) is 0 Å². The lowest BCUT2D eigenvalue weighted by atomic mass is 9.97. The smallest absolute Gasteiger partial charge is 0.262 e. The Morgan fingerprint density at radius 1 is 1.13 bits per heavy atom. The van der Waals surface area contributed by atoms with Crippen LogP contribution in [-0.2, 0) is 25.9 Å². The molecule has 0 amide bonds. The van der Waals surface area contributed by atoms with Crippen LogP contribution in [0.1, 0.15) is 53.6 Å². The molecule has 0 radical (unpaired) electrons. The Morgan fingerprint density at radius 3 is 2.70 bits per heavy atom. The lowest BCUT2D eigenvalue weighted by molar-refractivity contribution is 0.147. The van der Waals surface area contributed by atoms with E-state index in [-0.39, 0.29) is 17.7 Å². The van der Waals surface area contributed by atoms with Crippen LogP contribution >= 0.6 is 11.3 Å². The quantitative estimate of drug-likeness (QED) is 0.673. The predicted octanol–water partition coefficient (Wildman–Crippen LogP) is 3.81. The normalized spacial score (nSPS) is 18.1. The molecule has 2 aromatic heterocycles. The van der Waals surface area contributed by atoms with Gasteiger partial charge in [0, 0.05) is 10.4 Å². The fourth-order valence-electron chi connectivity index (χ4n) is 4.75. The lowest BCUT2D eigenvalue weighted by Crippen LogP contribution is -2.32. The lowest BCUT2D eigenvalue weighted by Gasteiger charge is -2.20. The summed E-state index contributed by atoms with van der Waals surface area (Å²) in [5.74, 6) is 0.212. The molecule has 1 aliphatic heterocycles. The van der Waals surface area contributed by atoms with Crippen LogP contribution in [-0.4, -0.2) is 32.6 Å². The molecule has 30 heavy (non-hydrogen) atoms. The number of rotatable bonds is 5. The number of hydrogen-bond donors (Lipinski definition) is 1. The van der Waals surface area contributed by atoms with Gasteiger partial charge in [-0.25, -0.2) is 9.37 Å². The van der Waals surface area contributed by atoms with Gasteiger partial charge in [0.2, 0.25) is 0 Å². The fraction of sp³-hybridized carbons (Fsp3) is 0.478. The van der Waals surface area contributed by atoms with Crippen molar-refractivity contribution in [3.63, 3.8) is 0 Å². The van der Waals surface area contributed by atoms with Crippen molar-refractivity contribution >= 4 is 21.6 Å². The maximum atomic E-state index is 14.2. The van der Waals surface area contributed by atoms with Gasteiger partial charge in [-0.1, -0.05) is 18.2 Å². The number of benzene rings is 1. The highest BCUT2D eigenvalue weighted by molar-refractivity contribution is 7.18. The number of likely N-dealkylation sites (tertiary alicyclic amines) is 1. The second-order valence-corrected chi connectivity index (χ2v) is 9.44. The highest BCUT2D eigenvalue weighted by Gasteiger charge is 2.25. The van der Waals surface area contributed by atoms with Gasteiger partial charge < -0.3 is 5.11 Å². The molecule has 5 nitrogen and oxygen atoms in total. The largest absolute Gasteiger partial charge is 0.386 e. The van der Waals surface area contributed by atoms with Crippen LogP contribution in [0.3, 0.4) is 0 Å². The number of nitrogens with zero attached hydrogens (tertiary/aromatic N) is 3. The number of aliphatic hydroxyl groups is 1. The van der Waals surface area contributed by atoms with E-state index in [0.717, 1.165) is 62.0 Å². The van der Waals surface area contributed by atoms with Crippen LogP contribution in [0.25, 0.3) is 10.2 Å². The molecule has 1 N–H and O–H groups in total. The molecule has 2 aliphatic rings. The highest BCUT2D eigenvalue weighted by atomic mass is 32.1. The molecule has 1 fully saturated rings. The van der Waals surface area contributed by atoms with Crippen molar-refractivity contribution in [3.05, 3.63) is 62.3 Å². The van der Waals surface area contributed by atoms with E-state index < -0.39 is 11.9 Å². The maximum Gasteiger partial charge on any atom is 0.262 e. The van der Waals surface area contributed by atoms with E-state index in [9.17, 15) is 14.3 Å². The standard InChI is InChI=1S/C23H26FN3O2S/c24-17-9-3-1-7-15(17)18(28)13-27-20(14-26-11-5-6-12-26)25-22-21(23(27)29)16-8-2-4-10-19(16)30-22/h1,3,7,9,18,28H,2,4-6,8,10-14H2/t18-/m0/s1. The van der Waals surface area contributed by atoms with Gasteiger partial charge in [-0.2, -0.15) is 0 Å². The van der Waals surface area contributed by atoms with E-state index in [2.05, 4.69) is 4.90 Å². The maximum absolute atomic E-state index is 14.2. The van der Waals surface area contributed by atoms with Gasteiger partial charge in [0.1, 0.15) is 16.5 Å². The van der Waals surface area contributed by atoms with Crippen molar-refractivity contribution < 1.29 is 9.50 Å². The Kier molecular flexibility index (Phi) is 5.43. The van der Waals surface area contributed by atoms with E-state index in [1.807, 2.05) is 0 Å². The van der Waals surface area contributed by atoms with Gasteiger partial charge in [0.15, 0.2) is 0 Å². The van der Waals surface area contributed by atoms with Gasteiger partial charge in [-0.15, -0.1) is 11.3 Å². The second kappa shape index (κ2) is 8.21.